The van der Waals surface area contributed by atoms with Crippen molar-refractivity contribution in [1.82, 2.24) is 78.2 Å². The van der Waals surface area contributed by atoms with Crippen molar-refractivity contribution in [2.45, 2.75) is 110 Å². The van der Waals surface area contributed by atoms with Crippen LogP contribution in [0.3, 0.4) is 0 Å². The van der Waals surface area contributed by atoms with Crippen molar-refractivity contribution in [3.05, 3.63) is 153 Å². The number of carboxylic acids is 1. The lowest BCUT2D eigenvalue weighted by atomic mass is 10.1. The summed E-state index contributed by atoms with van der Waals surface area (Å²) in [5.74, 6) is -2.06. The summed E-state index contributed by atoms with van der Waals surface area (Å²) in [6.45, 7) is 8.68. The molecule has 28 heteroatoms. The second-order valence-corrected chi connectivity index (χ2v) is 21.6. The number of esters is 1. The molecule has 2 amide bonds. The molecule has 2 aliphatic rings. The molecule has 424 valence electrons. The molecule has 0 radical (unpaired) electrons. The minimum atomic E-state index is -1.44. The first-order valence-electron chi connectivity index (χ1n) is 26.0. The summed E-state index contributed by atoms with van der Waals surface area (Å²) in [5.41, 5.74) is 2.96. The van der Waals surface area contributed by atoms with E-state index in [2.05, 4.69) is 46.2 Å². The number of nitrogens with zero attached hydrogens (tertiary/aromatic N) is 14. The highest BCUT2D eigenvalue weighted by molar-refractivity contribution is 6.31. The summed E-state index contributed by atoms with van der Waals surface area (Å²) >= 11 is 11.8. The van der Waals surface area contributed by atoms with Gasteiger partial charge in [0.1, 0.15) is 11.0 Å². The van der Waals surface area contributed by atoms with Gasteiger partial charge in [0.2, 0.25) is 0 Å². The number of fused-ring (bicyclic) bond motifs is 4. The average molecular weight is 1160 g/mol. The smallest absolute Gasteiger partial charge is 0.349 e. The molecule has 2 fully saturated rings. The molecule has 0 aromatic carbocycles. The first-order chi connectivity index (χ1) is 39.2. The van der Waals surface area contributed by atoms with Crippen LogP contribution in [-0.2, 0) is 40.5 Å². The molecule has 10 aromatic rings. The van der Waals surface area contributed by atoms with Crippen LogP contribution in [0.25, 0.3) is 22.3 Å². The predicted octanol–water partition coefficient (Wildman–Crippen LogP) is 7.41. The van der Waals surface area contributed by atoms with Crippen LogP contribution in [0.5, 0.6) is 11.5 Å². The summed E-state index contributed by atoms with van der Waals surface area (Å²) in [6.07, 6.45) is 21.0. The Bertz CT molecular complexity index is 4140. The molecule has 82 heavy (non-hydrogen) atoms. The first-order valence-corrected chi connectivity index (χ1v) is 26.7. The Kier molecular flexibility index (Phi) is 14.6. The number of ether oxygens (including phenoxy) is 3. The molecule has 2 aliphatic carbocycles. The molecule has 10 heterocycles. The molecule has 0 spiro atoms. The van der Waals surface area contributed by atoms with Gasteiger partial charge >= 0.3 is 11.9 Å². The number of amides is 2. The minimum Gasteiger partial charge on any atom is -0.478 e. The van der Waals surface area contributed by atoms with Gasteiger partial charge in [-0.1, -0.05) is 33.6 Å². The highest BCUT2D eigenvalue weighted by atomic mass is 35.5. The number of aliphatic carboxylic acids is 1. The number of carbonyl (C=O) groups is 4. The van der Waals surface area contributed by atoms with Crippen LogP contribution >= 0.6 is 23.2 Å². The van der Waals surface area contributed by atoms with Crippen molar-refractivity contribution >= 4 is 69.3 Å². The Morgan fingerprint density at radius 2 is 1.10 bits per heavy atom. The summed E-state index contributed by atoms with van der Waals surface area (Å²) in [5, 5.41) is 30.9. The molecular weight excluding hydrogens is 1110 g/mol. The highest BCUT2D eigenvalue weighted by Gasteiger charge is 2.35. The quantitative estimate of drug-likeness (QED) is 0.0665. The third-order valence-electron chi connectivity index (χ3n) is 13.6. The number of halogens is 4. The molecule has 24 nitrogen and oxygen atoms in total. The maximum absolute atomic E-state index is 14.5. The van der Waals surface area contributed by atoms with E-state index in [0.29, 0.717) is 57.4 Å². The van der Waals surface area contributed by atoms with E-state index in [-0.39, 0.29) is 65.3 Å². The van der Waals surface area contributed by atoms with Gasteiger partial charge < -0.3 is 47.6 Å². The lowest BCUT2D eigenvalue weighted by molar-refractivity contribution is -0.158. The fourth-order valence-corrected chi connectivity index (χ4v) is 9.32. The number of carbonyl (C=O) groups excluding carboxylic acids is 3. The third kappa shape index (κ3) is 11.5. The highest BCUT2D eigenvalue weighted by Crippen LogP contribution is 2.43. The second-order valence-electron chi connectivity index (χ2n) is 20.8. The monoisotopic (exact) mass is 1160 g/mol. The summed E-state index contributed by atoms with van der Waals surface area (Å²) < 4.78 is 55.8. The van der Waals surface area contributed by atoms with Crippen molar-refractivity contribution in [3.8, 4) is 11.5 Å². The fourth-order valence-electron chi connectivity index (χ4n) is 9.03. The zero-order valence-corrected chi connectivity index (χ0v) is 46.2. The Labute approximate surface area is 473 Å². The number of nitrogens with one attached hydrogen (secondary N) is 2. The Morgan fingerprint density at radius 3 is 1.51 bits per heavy atom. The second kappa shape index (κ2) is 21.8. The van der Waals surface area contributed by atoms with E-state index in [1.807, 2.05) is 45.7 Å². The van der Waals surface area contributed by atoms with Crippen molar-refractivity contribution in [2.75, 3.05) is 6.61 Å². The Hall–Kier alpha value is -9.04. The molecular formula is C54H52Cl2F2N16O8. The van der Waals surface area contributed by atoms with Crippen LogP contribution in [0, 0.1) is 11.6 Å². The van der Waals surface area contributed by atoms with Gasteiger partial charge in [0.05, 0.1) is 90.7 Å². The predicted molar refractivity (Wildman–Crippen MR) is 289 cm³/mol. The molecule has 0 aliphatic heterocycles. The fraction of sp³-hybridized carbons (Fsp3) is 0.333. The van der Waals surface area contributed by atoms with E-state index in [1.165, 1.54) is 69.2 Å². The van der Waals surface area contributed by atoms with Gasteiger partial charge in [-0.3, -0.25) is 9.59 Å². The van der Waals surface area contributed by atoms with Gasteiger partial charge in [0.15, 0.2) is 57.0 Å². The topological polar surface area (TPSA) is 271 Å². The van der Waals surface area contributed by atoms with Crippen LogP contribution in [0.15, 0.2) is 86.5 Å². The molecule has 3 N–H and O–H groups in total. The van der Waals surface area contributed by atoms with E-state index in [0.717, 1.165) is 36.8 Å². The van der Waals surface area contributed by atoms with Gasteiger partial charge in [-0.2, -0.15) is 0 Å². The summed E-state index contributed by atoms with van der Waals surface area (Å²) in [6, 6.07) is 6.65. The summed E-state index contributed by atoms with van der Waals surface area (Å²) in [4.78, 5) is 67.3. The van der Waals surface area contributed by atoms with Crippen molar-refractivity contribution in [1.29, 1.82) is 0 Å². The van der Waals surface area contributed by atoms with Crippen LogP contribution in [-0.4, -0.2) is 114 Å². The molecule has 10 aromatic heterocycles. The number of imidazole rings is 4. The average Bonchev–Trinajstić information content (AvgIpc) is 4.15. The van der Waals surface area contributed by atoms with E-state index in [9.17, 15) is 33.1 Å². The standard InChI is InChI=1S/C28H28ClFN8O4.C26H24ClFN8O4/c1-4-41-27(40)28(2,3)42-22-9-17(16-5-6-16)11-37-12-18(33-25(22)37)13-38-14-21(34-35-38)26(39)31-10-20-24-23(30)19(29)7-8-36(24)15-32-20;1-26(2,25(38)39)40-20-7-15(14-3-4-14)9-35-10-16(31-23(20)35)11-36-12-19(32-33-36)24(37)29-8-18-22-21(28)17(27)5-6-34(22)13-30-18/h7-9,11-12,14-16H,4-6,10,13H2,1-3H3,(H,31,39);5-7,9-10,12-14H,3-4,8,11H2,1-2H3,(H,29,37)(H,38,39). The Balaban J connectivity index is 0.000000172. The molecule has 0 bridgehead atoms. The van der Waals surface area contributed by atoms with Crippen molar-refractivity contribution in [2.24, 2.45) is 0 Å². The zero-order valence-electron chi connectivity index (χ0n) is 44.7. The normalized spacial score (nSPS) is 13.6. The minimum absolute atomic E-state index is 0.0276. The van der Waals surface area contributed by atoms with E-state index in [4.69, 9.17) is 42.4 Å². The maximum atomic E-state index is 14.5. The zero-order chi connectivity index (χ0) is 57.8. The third-order valence-corrected chi connectivity index (χ3v) is 14.2. The number of rotatable bonds is 19. The van der Waals surface area contributed by atoms with Crippen LogP contribution in [0.2, 0.25) is 10.0 Å². The lowest BCUT2D eigenvalue weighted by Gasteiger charge is -2.24. The number of hydrogen-bond acceptors (Lipinski definition) is 15. The van der Waals surface area contributed by atoms with Crippen LogP contribution in [0.1, 0.15) is 127 Å². The SMILES string of the molecule is CC(C)(Oc1cc(C2CC2)cn2cc(Cn3cc(C(=O)NCc4ncn5ccc(Cl)c(F)c45)nn3)nc12)C(=O)O.CCOC(=O)C(C)(C)Oc1cc(C2CC2)cn2cc(Cn3cc(C(=O)NCc4ncn5ccc(Cl)c(F)c45)nn3)nc12. The van der Waals surface area contributed by atoms with E-state index < -0.39 is 46.6 Å². The van der Waals surface area contributed by atoms with E-state index in [1.54, 1.807) is 33.2 Å². The maximum Gasteiger partial charge on any atom is 0.349 e. The molecule has 0 saturated heterocycles. The molecule has 0 atom stereocenters. The van der Waals surface area contributed by atoms with Gasteiger partial charge in [0.25, 0.3) is 11.8 Å². The Morgan fingerprint density at radius 1 is 0.659 bits per heavy atom. The summed E-state index contributed by atoms with van der Waals surface area (Å²) in [7, 11) is 0. The van der Waals surface area contributed by atoms with Gasteiger partial charge in [0, 0.05) is 37.2 Å². The number of carboxylic acid groups (broad SMARTS) is 1. The van der Waals surface area contributed by atoms with Crippen LogP contribution < -0.4 is 20.1 Å². The first kappa shape index (κ1) is 54.9. The van der Waals surface area contributed by atoms with E-state index >= 15 is 0 Å². The molecule has 2 saturated carbocycles. The number of aromatic nitrogens is 14. The number of pyridine rings is 4. The van der Waals surface area contributed by atoms with Gasteiger partial charge in [-0.25, -0.2) is 47.7 Å². The lowest BCUT2D eigenvalue weighted by Crippen LogP contribution is -2.39. The van der Waals surface area contributed by atoms with Crippen molar-refractivity contribution < 1.29 is 47.3 Å². The largest absolute Gasteiger partial charge is 0.478 e. The van der Waals surface area contributed by atoms with Gasteiger partial charge in [-0.05, 0) is 108 Å². The van der Waals surface area contributed by atoms with Gasteiger partial charge in [-0.15, -0.1) is 10.2 Å². The molecule has 12 rings (SSSR count). The van der Waals surface area contributed by atoms with Crippen LogP contribution in [0.4, 0.5) is 8.78 Å². The number of hydrogen-bond donors (Lipinski definition) is 3. The molecule has 0 unspecified atom stereocenters. The van der Waals surface area contributed by atoms with Crippen molar-refractivity contribution in [3.63, 3.8) is 0 Å².